The van der Waals surface area contributed by atoms with Crippen molar-refractivity contribution < 1.29 is 37.0 Å². The predicted molar refractivity (Wildman–Crippen MR) is 128 cm³/mol. The number of esters is 1. The van der Waals surface area contributed by atoms with E-state index in [0.717, 1.165) is 17.8 Å². The zero-order chi connectivity index (χ0) is 25.7. The molecule has 1 amide bonds. The number of alkyl halides is 3. The molecule has 10 heteroatoms. The Hall–Kier alpha value is -3.14. The van der Waals surface area contributed by atoms with Crippen LogP contribution in [-0.2, 0) is 20.5 Å². The van der Waals surface area contributed by atoms with Crippen molar-refractivity contribution >= 4 is 29.7 Å². The lowest BCUT2D eigenvalue weighted by atomic mass is 9.97. The van der Waals surface area contributed by atoms with Crippen molar-refractivity contribution in [1.29, 1.82) is 0 Å². The van der Waals surface area contributed by atoms with Crippen LogP contribution in [0.15, 0.2) is 52.3 Å². The Morgan fingerprint density at radius 1 is 1.08 bits per heavy atom. The normalized spacial score (nSPS) is 16.3. The minimum Gasteiger partial charge on any atom is -0.486 e. The first-order valence-corrected chi connectivity index (χ1v) is 12.5. The van der Waals surface area contributed by atoms with E-state index in [1.807, 2.05) is 0 Å². The first-order valence-electron chi connectivity index (χ1n) is 11.7. The van der Waals surface area contributed by atoms with Gasteiger partial charge in [-0.25, -0.2) is 0 Å². The SMILES string of the molecule is CCOC(=O)C1CCN(C(=O)/C=C/c2ccc(Sc3ccc4c(c3)OCCO4)c(C(F)(F)F)c2)CC1. The van der Waals surface area contributed by atoms with E-state index in [4.69, 9.17) is 14.2 Å². The second-order valence-electron chi connectivity index (χ2n) is 8.35. The number of likely N-dealkylation sites (tertiary alicyclic amines) is 1. The van der Waals surface area contributed by atoms with E-state index in [1.54, 1.807) is 36.1 Å². The minimum absolute atomic E-state index is 0.0451. The number of piperidine rings is 1. The number of carbonyl (C=O) groups excluding carboxylic acids is 2. The van der Waals surface area contributed by atoms with Crippen molar-refractivity contribution in [3.05, 3.63) is 53.6 Å². The molecule has 0 aliphatic carbocycles. The summed E-state index contributed by atoms with van der Waals surface area (Å²) in [4.78, 5) is 26.6. The molecular weight excluding hydrogens is 495 g/mol. The molecule has 0 radical (unpaired) electrons. The van der Waals surface area contributed by atoms with Crippen LogP contribution in [0, 0.1) is 5.92 Å². The van der Waals surface area contributed by atoms with Crippen molar-refractivity contribution in [2.75, 3.05) is 32.9 Å². The maximum absolute atomic E-state index is 13.9. The van der Waals surface area contributed by atoms with Crippen LogP contribution in [-0.4, -0.2) is 49.7 Å². The largest absolute Gasteiger partial charge is 0.486 e. The molecule has 2 aliphatic rings. The molecule has 1 saturated heterocycles. The molecule has 0 spiro atoms. The van der Waals surface area contributed by atoms with Gasteiger partial charge in [-0.05, 0) is 61.7 Å². The van der Waals surface area contributed by atoms with E-state index in [0.29, 0.717) is 62.1 Å². The number of benzene rings is 2. The minimum atomic E-state index is -4.57. The number of hydrogen-bond donors (Lipinski definition) is 0. The third kappa shape index (κ3) is 6.34. The molecule has 0 bridgehead atoms. The van der Waals surface area contributed by atoms with Gasteiger partial charge in [-0.15, -0.1) is 0 Å². The number of halogens is 3. The summed E-state index contributed by atoms with van der Waals surface area (Å²) in [6.07, 6.45) is -0.912. The number of rotatable bonds is 6. The summed E-state index contributed by atoms with van der Waals surface area (Å²) in [7, 11) is 0. The third-order valence-corrected chi connectivity index (χ3v) is 6.96. The fraction of sp³-hybridized carbons (Fsp3) is 0.385. The molecule has 0 N–H and O–H groups in total. The Bertz CT molecular complexity index is 1140. The molecule has 2 aromatic carbocycles. The van der Waals surface area contributed by atoms with E-state index >= 15 is 0 Å². The van der Waals surface area contributed by atoms with Gasteiger partial charge >= 0.3 is 12.1 Å². The van der Waals surface area contributed by atoms with Gasteiger partial charge in [0.1, 0.15) is 13.2 Å². The van der Waals surface area contributed by atoms with Crippen molar-refractivity contribution in [1.82, 2.24) is 4.90 Å². The fourth-order valence-corrected chi connectivity index (χ4v) is 5.02. The second kappa shape index (κ2) is 11.3. The smallest absolute Gasteiger partial charge is 0.417 e. The highest BCUT2D eigenvalue weighted by atomic mass is 32.2. The summed E-state index contributed by atoms with van der Waals surface area (Å²) in [5.41, 5.74) is -0.518. The predicted octanol–water partition coefficient (Wildman–Crippen LogP) is 5.44. The van der Waals surface area contributed by atoms with E-state index < -0.39 is 11.7 Å². The highest BCUT2D eigenvalue weighted by Gasteiger charge is 2.34. The molecule has 2 aliphatic heterocycles. The first kappa shape index (κ1) is 25.9. The average molecular weight is 522 g/mol. The molecule has 36 heavy (non-hydrogen) atoms. The fourth-order valence-electron chi connectivity index (χ4n) is 4.04. The number of ether oxygens (including phenoxy) is 3. The van der Waals surface area contributed by atoms with Crippen LogP contribution in [0.5, 0.6) is 11.5 Å². The lowest BCUT2D eigenvalue weighted by Crippen LogP contribution is -2.39. The van der Waals surface area contributed by atoms with Gasteiger partial charge in [0.15, 0.2) is 11.5 Å². The highest BCUT2D eigenvalue weighted by Crippen LogP contribution is 2.42. The zero-order valence-electron chi connectivity index (χ0n) is 19.7. The highest BCUT2D eigenvalue weighted by molar-refractivity contribution is 7.99. The maximum atomic E-state index is 13.9. The summed E-state index contributed by atoms with van der Waals surface area (Å²) in [6.45, 7) is 3.67. The Morgan fingerprint density at radius 3 is 2.50 bits per heavy atom. The molecule has 2 heterocycles. The van der Waals surface area contributed by atoms with Gasteiger partial charge in [-0.2, -0.15) is 13.2 Å². The first-order chi connectivity index (χ1) is 17.2. The summed E-state index contributed by atoms with van der Waals surface area (Å²) in [6, 6.07) is 9.03. The van der Waals surface area contributed by atoms with E-state index in [2.05, 4.69) is 0 Å². The van der Waals surface area contributed by atoms with Gasteiger partial charge < -0.3 is 19.1 Å². The molecule has 1 fully saturated rings. The van der Waals surface area contributed by atoms with Gasteiger partial charge in [0.05, 0.1) is 18.1 Å². The Kier molecular flexibility index (Phi) is 8.13. The summed E-state index contributed by atoms with van der Waals surface area (Å²) < 4.78 is 57.6. The van der Waals surface area contributed by atoms with Gasteiger partial charge in [0.25, 0.3) is 0 Å². The van der Waals surface area contributed by atoms with Crippen LogP contribution in [0.25, 0.3) is 6.08 Å². The van der Waals surface area contributed by atoms with Crippen molar-refractivity contribution in [2.24, 2.45) is 5.92 Å². The summed E-state index contributed by atoms with van der Waals surface area (Å²) >= 11 is 0.983. The standard InChI is InChI=1S/C26H26F3NO5S/c1-2-33-25(32)18-9-11-30(12-10-18)24(31)8-4-17-3-7-23(20(15-17)26(27,28)29)36-19-5-6-21-22(16-19)35-14-13-34-21/h3-8,15-16,18H,2,9-14H2,1H3/b8-4+. The number of carbonyl (C=O) groups is 2. The average Bonchev–Trinajstić information content (AvgIpc) is 2.87. The molecule has 192 valence electrons. The van der Waals surface area contributed by atoms with Crippen LogP contribution in [0.2, 0.25) is 0 Å². The molecule has 4 rings (SSSR count). The Morgan fingerprint density at radius 2 is 1.81 bits per heavy atom. The topological polar surface area (TPSA) is 65.1 Å². The molecule has 0 saturated carbocycles. The zero-order valence-corrected chi connectivity index (χ0v) is 20.5. The molecule has 0 atom stereocenters. The molecule has 0 unspecified atom stereocenters. The number of nitrogens with zero attached hydrogens (tertiary/aromatic N) is 1. The lowest BCUT2D eigenvalue weighted by molar-refractivity contribution is -0.150. The number of hydrogen-bond acceptors (Lipinski definition) is 6. The van der Waals surface area contributed by atoms with Crippen LogP contribution < -0.4 is 9.47 Å². The van der Waals surface area contributed by atoms with Crippen LogP contribution >= 0.6 is 11.8 Å². The molecule has 2 aromatic rings. The van der Waals surface area contributed by atoms with Gasteiger partial charge in [-0.3, -0.25) is 9.59 Å². The van der Waals surface area contributed by atoms with Crippen molar-refractivity contribution in [3.8, 4) is 11.5 Å². The Balaban J connectivity index is 1.44. The monoisotopic (exact) mass is 521 g/mol. The maximum Gasteiger partial charge on any atom is 0.417 e. The molecule has 0 aromatic heterocycles. The van der Waals surface area contributed by atoms with Crippen molar-refractivity contribution in [2.45, 2.75) is 35.7 Å². The second-order valence-corrected chi connectivity index (χ2v) is 9.46. The lowest BCUT2D eigenvalue weighted by Gasteiger charge is -2.30. The number of amides is 1. The summed E-state index contributed by atoms with van der Waals surface area (Å²) in [5.74, 6) is 0.280. The Labute approximate surface area is 211 Å². The molecular formula is C26H26F3NO5S. The molecule has 6 nitrogen and oxygen atoms in total. The van der Waals surface area contributed by atoms with Crippen LogP contribution in [0.4, 0.5) is 13.2 Å². The number of fused-ring (bicyclic) bond motifs is 1. The third-order valence-electron chi connectivity index (χ3n) is 5.90. The van der Waals surface area contributed by atoms with Crippen LogP contribution in [0.1, 0.15) is 30.9 Å². The van der Waals surface area contributed by atoms with Crippen LogP contribution in [0.3, 0.4) is 0 Å². The van der Waals surface area contributed by atoms with Crippen molar-refractivity contribution in [3.63, 3.8) is 0 Å². The van der Waals surface area contributed by atoms with E-state index in [9.17, 15) is 22.8 Å². The van der Waals surface area contributed by atoms with Gasteiger partial charge in [-0.1, -0.05) is 17.8 Å². The quantitative estimate of drug-likeness (QED) is 0.373. The van der Waals surface area contributed by atoms with E-state index in [1.165, 1.54) is 18.2 Å². The van der Waals surface area contributed by atoms with E-state index in [-0.39, 0.29) is 28.3 Å². The van der Waals surface area contributed by atoms with Gasteiger partial charge in [0.2, 0.25) is 5.91 Å². The summed E-state index contributed by atoms with van der Waals surface area (Å²) in [5, 5.41) is 0. The van der Waals surface area contributed by atoms with Gasteiger partial charge in [0, 0.05) is 29.0 Å².